The minimum Gasteiger partial charge on any atom is -0.346 e. The zero-order valence-electron chi connectivity index (χ0n) is 16.1. The summed E-state index contributed by atoms with van der Waals surface area (Å²) in [4.78, 5) is 25.8. The molecule has 3 N–H and O–H groups in total. The Morgan fingerprint density at radius 3 is 2.20 bits per heavy atom. The first-order valence-corrected chi connectivity index (χ1v) is 8.39. The lowest BCUT2D eigenvalue weighted by atomic mass is 9.84. The standard InChI is InChI=1S/C19H31N3O2.ClH/c1-13(2)17(20)18(24)21-11-16(23)22(6)12-19(4,5)15-9-7-14(3)8-10-15;/h7-10,13,17H,11-12,20H2,1-6H3,(H,21,24);1H/t17-;/m0./s1. The molecule has 0 heterocycles. The summed E-state index contributed by atoms with van der Waals surface area (Å²) < 4.78 is 0. The molecular weight excluding hydrogens is 338 g/mol. The average molecular weight is 370 g/mol. The van der Waals surface area contributed by atoms with E-state index in [4.69, 9.17) is 5.73 Å². The van der Waals surface area contributed by atoms with Crippen LogP contribution >= 0.6 is 12.4 Å². The van der Waals surface area contributed by atoms with E-state index in [0.29, 0.717) is 6.54 Å². The lowest BCUT2D eigenvalue weighted by Crippen LogP contribution is -2.48. The number of carbonyl (C=O) groups is 2. The fourth-order valence-electron chi connectivity index (χ4n) is 2.50. The van der Waals surface area contributed by atoms with Crippen LogP contribution in [-0.4, -0.2) is 42.9 Å². The molecule has 0 saturated heterocycles. The number of halogens is 1. The fraction of sp³-hybridized carbons (Fsp3) is 0.579. The van der Waals surface area contributed by atoms with Gasteiger partial charge in [-0.2, -0.15) is 0 Å². The Morgan fingerprint density at radius 1 is 1.20 bits per heavy atom. The highest BCUT2D eigenvalue weighted by Crippen LogP contribution is 2.24. The number of aryl methyl sites for hydroxylation is 1. The quantitative estimate of drug-likeness (QED) is 0.774. The van der Waals surface area contributed by atoms with Crippen molar-refractivity contribution in [3.8, 4) is 0 Å². The second-order valence-electron chi connectivity index (χ2n) is 7.49. The molecule has 1 atom stereocenters. The van der Waals surface area contributed by atoms with Crippen molar-refractivity contribution in [3.05, 3.63) is 35.4 Å². The monoisotopic (exact) mass is 369 g/mol. The molecule has 25 heavy (non-hydrogen) atoms. The van der Waals surface area contributed by atoms with Crippen LogP contribution in [0.4, 0.5) is 0 Å². The molecule has 0 fully saturated rings. The van der Waals surface area contributed by atoms with Crippen molar-refractivity contribution in [2.45, 2.75) is 46.1 Å². The van der Waals surface area contributed by atoms with Crippen LogP contribution in [0.25, 0.3) is 0 Å². The van der Waals surface area contributed by atoms with Gasteiger partial charge in [0.15, 0.2) is 0 Å². The van der Waals surface area contributed by atoms with E-state index in [1.807, 2.05) is 13.8 Å². The van der Waals surface area contributed by atoms with Crippen LogP contribution in [0.3, 0.4) is 0 Å². The van der Waals surface area contributed by atoms with Gasteiger partial charge in [-0.1, -0.05) is 57.5 Å². The topological polar surface area (TPSA) is 75.4 Å². The van der Waals surface area contributed by atoms with Crippen molar-refractivity contribution in [2.75, 3.05) is 20.1 Å². The summed E-state index contributed by atoms with van der Waals surface area (Å²) in [5.41, 5.74) is 8.00. The molecule has 1 aromatic rings. The van der Waals surface area contributed by atoms with Crippen molar-refractivity contribution in [1.82, 2.24) is 10.2 Å². The summed E-state index contributed by atoms with van der Waals surface area (Å²) in [7, 11) is 1.76. The predicted octanol–water partition coefficient (Wildman–Crippen LogP) is 2.25. The molecule has 0 radical (unpaired) electrons. The molecule has 5 nitrogen and oxygen atoms in total. The van der Waals surface area contributed by atoms with Gasteiger partial charge in [-0.15, -0.1) is 12.4 Å². The average Bonchev–Trinajstić information content (AvgIpc) is 2.51. The second-order valence-corrected chi connectivity index (χ2v) is 7.49. The van der Waals surface area contributed by atoms with E-state index in [1.165, 1.54) is 11.1 Å². The van der Waals surface area contributed by atoms with Crippen LogP contribution < -0.4 is 11.1 Å². The van der Waals surface area contributed by atoms with Crippen LogP contribution in [0.15, 0.2) is 24.3 Å². The van der Waals surface area contributed by atoms with Crippen molar-refractivity contribution in [1.29, 1.82) is 0 Å². The Hall–Kier alpha value is -1.59. The molecule has 0 aromatic heterocycles. The number of likely N-dealkylation sites (N-methyl/N-ethyl adjacent to an activating group) is 1. The minimum atomic E-state index is -0.591. The van der Waals surface area contributed by atoms with Crippen molar-refractivity contribution in [3.63, 3.8) is 0 Å². The number of benzene rings is 1. The second kappa shape index (κ2) is 9.78. The summed E-state index contributed by atoms with van der Waals surface area (Å²) in [6.07, 6.45) is 0. The van der Waals surface area contributed by atoms with E-state index in [9.17, 15) is 9.59 Å². The molecule has 142 valence electrons. The molecule has 0 aliphatic carbocycles. The molecule has 0 saturated carbocycles. The van der Waals surface area contributed by atoms with Crippen LogP contribution in [0.5, 0.6) is 0 Å². The van der Waals surface area contributed by atoms with Gasteiger partial charge < -0.3 is 16.0 Å². The van der Waals surface area contributed by atoms with Gasteiger partial charge in [0, 0.05) is 19.0 Å². The zero-order chi connectivity index (χ0) is 18.5. The van der Waals surface area contributed by atoms with E-state index >= 15 is 0 Å². The number of nitrogens with two attached hydrogens (primary N) is 1. The number of rotatable bonds is 7. The highest BCUT2D eigenvalue weighted by molar-refractivity contribution is 5.87. The molecule has 0 spiro atoms. The van der Waals surface area contributed by atoms with E-state index in [-0.39, 0.29) is 42.1 Å². The maximum absolute atomic E-state index is 12.3. The minimum absolute atomic E-state index is 0. The Bertz CT molecular complexity index is 571. The predicted molar refractivity (Wildman–Crippen MR) is 105 cm³/mol. The molecule has 6 heteroatoms. The Kier molecular flexibility index (Phi) is 9.16. The smallest absolute Gasteiger partial charge is 0.241 e. The van der Waals surface area contributed by atoms with Crippen LogP contribution in [-0.2, 0) is 15.0 Å². The summed E-state index contributed by atoms with van der Waals surface area (Å²) in [6, 6.07) is 7.75. The molecule has 1 aromatic carbocycles. The number of nitrogens with one attached hydrogen (secondary N) is 1. The number of hydrogen-bond donors (Lipinski definition) is 2. The molecule has 0 aliphatic rings. The Morgan fingerprint density at radius 2 is 1.72 bits per heavy atom. The molecule has 2 amide bonds. The summed E-state index contributed by atoms with van der Waals surface area (Å²) in [5.74, 6) is -0.373. The highest BCUT2D eigenvalue weighted by atomic mass is 35.5. The van der Waals surface area contributed by atoms with Gasteiger partial charge >= 0.3 is 0 Å². The Labute approximate surface area is 157 Å². The van der Waals surface area contributed by atoms with Crippen molar-refractivity contribution >= 4 is 24.2 Å². The lowest BCUT2D eigenvalue weighted by molar-refractivity contribution is -0.132. The van der Waals surface area contributed by atoms with Gasteiger partial charge in [-0.05, 0) is 18.4 Å². The maximum atomic E-state index is 12.3. The van der Waals surface area contributed by atoms with Gasteiger partial charge in [-0.3, -0.25) is 9.59 Å². The summed E-state index contributed by atoms with van der Waals surface area (Å²) in [5, 5.41) is 2.62. The van der Waals surface area contributed by atoms with E-state index in [0.717, 1.165) is 0 Å². The van der Waals surface area contributed by atoms with Crippen molar-refractivity contribution in [2.24, 2.45) is 11.7 Å². The third-order valence-corrected chi connectivity index (χ3v) is 4.33. The lowest BCUT2D eigenvalue weighted by Gasteiger charge is -2.31. The number of carbonyl (C=O) groups excluding carboxylic acids is 2. The Balaban J connectivity index is 0.00000576. The van der Waals surface area contributed by atoms with Crippen LogP contribution in [0.1, 0.15) is 38.8 Å². The van der Waals surface area contributed by atoms with Gasteiger partial charge in [0.25, 0.3) is 0 Å². The zero-order valence-corrected chi connectivity index (χ0v) is 16.9. The molecule has 1 rings (SSSR count). The number of hydrogen-bond acceptors (Lipinski definition) is 3. The molecular formula is C19H32ClN3O2. The normalized spacial score (nSPS) is 12.3. The largest absolute Gasteiger partial charge is 0.346 e. The molecule has 0 unspecified atom stereocenters. The third kappa shape index (κ3) is 7.04. The van der Waals surface area contributed by atoms with Crippen LogP contribution in [0, 0.1) is 12.8 Å². The first kappa shape index (κ1) is 23.4. The van der Waals surface area contributed by atoms with Gasteiger partial charge in [0.2, 0.25) is 11.8 Å². The first-order valence-electron chi connectivity index (χ1n) is 8.39. The van der Waals surface area contributed by atoms with Gasteiger partial charge in [-0.25, -0.2) is 0 Å². The first-order chi connectivity index (χ1) is 11.0. The van der Waals surface area contributed by atoms with Crippen LogP contribution in [0.2, 0.25) is 0 Å². The molecule has 0 bridgehead atoms. The van der Waals surface area contributed by atoms with Crippen molar-refractivity contribution < 1.29 is 9.59 Å². The van der Waals surface area contributed by atoms with E-state index in [1.54, 1.807) is 11.9 Å². The fourth-order valence-corrected chi connectivity index (χ4v) is 2.50. The van der Waals surface area contributed by atoms with Gasteiger partial charge in [0.1, 0.15) is 0 Å². The third-order valence-electron chi connectivity index (χ3n) is 4.33. The summed E-state index contributed by atoms with van der Waals surface area (Å²) in [6.45, 7) is 10.6. The number of amides is 2. The number of nitrogens with zero attached hydrogens (tertiary/aromatic N) is 1. The summed E-state index contributed by atoms with van der Waals surface area (Å²) >= 11 is 0. The van der Waals surface area contributed by atoms with E-state index < -0.39 is 6.04 Å². The van der Waals surface area contributed by atoms with E-state index in [2.05, 4.69) is 50.4 Å². The SMILES string of the molecule is Cc1ccc(C(C)(C)CN(C)C(=O)CNC(=O)[C@@H](N)C(C)C)cc1.Cl. The highest BCUT2D eigenvalue weighted by Gasteiger charge is 2.25. The molecule has 0 aliphatic heterocycles. The maximum Gasteiger partial charge on any atom is 0.241 e. The van der Waals surface area contributed by atoms with Gasteiger partial charge in [0.05, 0.1) is 12.6 Å².